The van der Waals surface area contributed by atoms with Crippen LogP contribution in [-0.4, -0.2) is 12.1 Å². The molecule has 0 aromatic rings. The highest BCUT2D eigenvalue weighted by Gasteiger charge is 2.58. The molecule has 4 aliphatic carbocycles. The lowest BCUT2D eigenvalue weighted by molar-refractivity contribution is -0.148. The molecule has 0 heterocycles. The Bertz CT molecular complexity index is 746. The highest BCUT2D eigenvalue weighted by atomic mass is 16.5. The van der Waals surface area contributed by atoms with Gasteiger partial charge in [-0.3, -0.25) is 4.79 Å². The van der Waals surface area contributed by atoms with Crippen LogP contribution in [0.5, 0.6) is 0 Å². The van der Waals surface area contributed by atoms with Gasteiger partial charge < -0.3 is 4.74 Å². The second-order valence-electron chi connectivity index (χ2n) is 12.3. The largest absolute Gasteiger partial charge is 0.462 e. The van der Waals surface area contributed by atoms with Crippen molar-refractivity contribution in [3.8, 4) is 0 Å². The molecule has 2 heteroatoms. The molecule has 7 unspecified atom stereocenters. The Labute approximate surface area is 191 Å². The quantitative estimate of drug-likeness (QED) is 0.330. The molecule has 0 saturated heterocycles. The zero-order valence-corrected chi connectivity index (χ0v) is 21.0. The van der Waals surface area contributed by atoms with E-state index in [4.69, 9.17) is 4.74 Å². The molecular formula is C29H46O2. The average Bonchev–Trinajstić information content (AvgIpc) is 3.05. The molecule has 3 fully saturated rings. The van der Waals surface area contributed by atoms with Gasteiger partial charge in [-0.05, 0) is 105 Å². The highest BCUT2D eigenvalue weighted by Crippen LogP contribution is 2.67. The van der Waals surface area contributed by atoms with Crippen LogP contribution in [0.25, 0.3) is 0 Å². The van der Waals surface area contributed by atoms with Crippen LogP contribution < -0.4 is 0 Å². The predicted molar refractivity (Wildman–Crippen MR) is 129 cm³/mol. The fraction of sp³-hybridized carbons (Fsp3) is 0.828. The minimum absolute atomic E-state index is 0.108. The van der Waals surface area contributed by atoms with Crippen molar-refractivity contribution >= 4 is 5.97 Å². The normalized spacial score (nSPS) is 42.5. The van der Waals surface area contributed by atoms with E-state index in [0.717, 1.165) is 42.4 Å². The van der Waals surface area contributed by atoms with E-state index in [1.807, 2.05) is 0 Å². The van der Waals surface area contributed by atoms with Crippen LogP contribution in [0.4, 0.5) is 0 Å². The van der Waals surface area contributed by atoms with E-state index in [-0.39, 0.29) is 12.1 Å². The summed E-state index contributed by atoms with van der Waals surface area (Å²) in [5.74, 6) is 4.03. The first-order chi connectivity index (χ1) is 14.6. The van der Waals surface area contributed by atoms with Crippen molar-refractivity contribution in [1.82, 2.24) is 0 Å². The van der Waals surface area contributed by atoms with Gasteiger partial charge in [0.05, 0.1) is 0 Å². The maximum absolute atomic E-state index is 11.5. The number of carbonyl (C=O) groups excluding carboxylic acids is 1. The van der Waals surface area contributed by atoms with Gasteiger partial charge in [-0.2, -0.15) is 0 Å². The summed E-state index contributed by atoms with van der Waals surface area (Å²) >= 11 is 0. The summed E-state index contributed by atoms with van der Waals surface area (Å²) in [6.45, 7) is 13.8. The maximum atomic E-state index is 11.5. The summed E-state index contributed by atoms with van der Waals surface area (Å²) in [5, 5.41) is 0. The molecular weight excluding hydrogens is 380 g/mol. The monoisotopic (exact) mass is 426 g/mol. The fourth-order valence-electron chi connectivity index (χ4n) is 8.50. The number of hydrogen-bond acceptors (Lipinski definition) is 2. The fourth-order valence-corrected chi connectivity index (χ4v) is 8.50. The second-order valence-corrected chi connectivity index (χ2v) is 12.3. The summed E-state index contributed by atoms with van der Waals surface area (Å²) < 4.78 is 5.61. The molecule has 174 valence electrons. The molecule has 3 saturated carbocycles. The van der Waals surface area contributed by atoms with Crippen LogP contribution in [-0.2, 0) is 9.53 Å². The lowest BCUT2D eigenvalue weighted by Crippen LogP contribution is -2.50. The topological polar surface area (TPSA) is 26.3 Å². The van der Waals surface area contributed by atoms with Gasteiger partial charge >= 0.3 is 5.97 Å². The predicted octanol–water partition coefficient (Wildman–Crippen LogP) is 7.88. The van der Waals surface area contributed by atoms with Gasteiger partial charge in [-0.1, -0.05) is 51.0 Å². The van der Waals surface area contributed by atoms with Crippen LogP contribution in [0.3, 0.4) is 0 Å². The van der Waals surface area contributed by atoms with Gasteiger partial charge in [0.2, 0.25) is 0 Å². The SMILES string of the molecule is CC(=O)OC1CCC2(C)C(=CCC3C2CCC2(C)C(/C(C)=C\CCC(C)C)CCC32)C1. The van der Waals surface area contributed by atoms with Crippen molar-refractivity contribution in [2.24, 2.45) is 40.4 Å². The Morgan fingerprint density at radius 2 is 1.90 bits per heavy atom. The molecule has 31 heavy (non-hydrogen) atoms. The smallest absolute Gasteiger partial charge is 0.302 e. The van der Waals surface area contributed by atoms with Crippen LogP contribution in [0.2, 0.25) is 0 Å². The number of esters is 1. The van der Waals surface area contributed by atoms with Crippen LogP contribution in [0, 0.1) is 40.4 Å². The van der Waals surface area contributed by atoms with E-state index in [2.05, 4.69) is 46.8 Å². The van der Waals surface area contributed by atoms with Gasteiger partial charge in [-0.15, -0.1) is 0 Å². The van der Waals surface area contributed by atoms with E-state index in [0.29, 0.717) is 10.8 Å². The van der Waals surface area contributed by atoms with Gasteiger partial charge in [-0.25, -0.2) is 0 Å². The number of rotatable bonds is 5. The van der Waals surface area contributed by atoms with Crippen molar-refractivity contribution in [2.45, 2.75) is 112 Å². The summed E-state index contributed by atoms with van der Waals surface area (Å²) in [6, 6.07) is 0. The maximum Gasteiger partial charge on any atom is 0.302 e. The minimum atomic E-state index is -0.120. The van der Waals surface area contributed by atoms with Crippen LogP contribution >= 0.6 is 0 Å². The molecule has 2 nitrogen and oxygen atoms in total. The van der Waals surface area contributed by atoms with Crippen molar-refractivity contribution in [3.63, 3.8) is 0 Å². The Morgan fingerprint density at radius 3 is 2.61 bits per heavy atom. The molecule has 0 N–H and O–H groups in total. The molecule has 7 atom stereocenters. The van der Waals surface area contributed by atoms with Gasteiger partial charge in [0.15, 0.2) is 0 Å². The van der Waals surface area contributed by atoms with Crippen molar-refractivity contribution < 1.29 is 9.53 Å². The number of ether oxygens (including phenoxy) is 1. The zero-order chi connectivity index (χ0) is 22.4. The summed E-state index contributed by atoms with van der Waals surface area (Å²) in [7, 11) is 0. The van der Waals surface area contributed by atoms with E-state index in [1.54, 1.807) is 18.1 Å². The standard InChI is InChI=1S/C29H46O2/c1-19(2)8-7-9-20(3)25-12-13-26-24-11-10-22-18-23(31-21(4)30)14-16-28(22,5)27(24)15-17-29(25,26)6/h9-10,19,23-27H,7-8,11-18H2,1-6H3/b20-9-. The van der Waals surface area contributed by atoms with E-state index >= 15 is 0 Å². The lowest BCUT2D eigenvalue weighted by atomic mass is 9.47. The molecule has 4 aliphatic rings. The Morgan fingerprint density at radius 1 is 1.13 bits per heavy atom. The minimum Gasteiger partial charge on any atom is -0.462 e. The number of allylic oxidation sites excluding steroid dienone is 3. The van der Waals surface area contributed by atoms with E-state index < -0.39 is 0 Å². The summed E-state index contributed by atoms with van der Waals surface area (Å²) in [6.07, 6.45) is 17.9. The number of carbonyl (C=O) groups is 1. The molecule has 0 aromatic carbocycles. The third-order valence-corrected chi connectivity index (χ3v) is 10.2. The first-order valence-electron chi connectivity index (χ1n) is 13.2. The Hall–Kier alpha value is -1.05. The molecule has 0 aromatic heterocycles. The van der Waals surface area contributed by atoms with Gasteiger partial charge in [0.25, 0.3) is 0 Å². The molecule has 0 amide bonds. The molecule has 0 radical (unpaired) electrons. The van der Waals surface area contributed by atoms with Crippen molar-refractivity contribution in [1.29, 1.82) is 0 Å². The molecule has 0 spiro atoms. The van der Waals surface area contributed by atoms with Crippen LogP contribution in [0.1, 0.15) is 106 Å². The summed E-state index contributed by atoms with van der Waals surface area (Å²) in [5.41, 5.74) is 4.12. The number of fused-ring (bicyclic) bond motifs is 5. The first-order valence-corrected chi connectivity index (χ1v) is 13.2. The first kappa shape index (κ1) is 23.1. The van der Waals surface area contributed by atoms with E-state index in [1.165, 1.54) is 51.4 Å². The van der Waals surface area contributed by atoms with E-state index in [9.17, 15) is 4.79 Å². The molecule has 0 aliphatic heterocycles. The van der Waals surface area contributed by atoms with Crippen molar-refractivity contribution in [3.05, 3.63) is 23.3 Å². The van der Waals surface area contributed by atoms with Crippen LogP contribution in [0.15, 0.2) is 23.3 Å². The summed E-state index contributed by atoms with van der Waals surface area (Å²) in [4.78, 5) is 11.5. The van der Waals surface area contributed by atoms with Crippen molar-refractivity contribution in [2.75, 3.05) is 0 Å². The van der Waals surface area contributed by atoms with Gasteiger partial charge in [0.1, 0.15) is 6.10 Å². The second kappa shape index (κ2) is 8.71. The Balaban J connectivity index is 1.50. The lowest BCUT2D eigenvalue weighted by Gasteiger charge is -2.58. The van der Waals surface area contributed by atoms with Gasteiger partial charge in [0, 0.05) is 13.3 Å². The average molecular weight is 427 g/mol. The molecule has 0 bridgehead atoms. The third kappa shape index (κ3) is 4.18. The third-order valence-electron chi connectivity index (χ3n) is 10.2. The Kier molecular flexibility index (Phi) is 6.50. The number of hydrogen-bond donors (Lipinski definition) is 0. The zero-order valence-electron chi connectivity index (χ0n) is 21.0. The molecule has 4 rings (SSSR count). The highest BCUT2D eigenvalue weighted by molar-refractivity contribution is 5.66.